The van der Waals surface area contributed by atoms with E-state index < -0.39 is 0 Å². The summed E-state index contributed by atoms with van der Waals surface area (Å²) >= 11 is 0. The van der Waals surface area contributed by atoms with Gasteiger partial charge < -0.3 is 14.7 Å². The van der Waals surface area contributed by atoms with E-state index in [-0.39, 0.29) is 6.61 Å². The first-order chi connectivity index (χ1) is 9.38. The van der Waals surface area contributed by atoms with Gasteiger partial charge in [0.25, 0.3) is 0 Å². The standard InChI is InChI=1S/C15H28N2O2/c18-11-13-19-12-10-16-6-8-17(9-7-16)14-15-4-2-1-3-5-15/h1-2,15,18H,3-14H2/t15-/m0/s1. The molecular formula is C15H28N2O2. The van der Waals surface area contributed by atoms with Crippen molar-refractivity contribution in [2.24, 2.45) is 5.92 Å². The van der Waals surface area contributed by atoms with Crippen LogP contribution in [-0.2, 0) is 4.74 Å². The lowest BCUT2D eigenvalue weighted by Crippen LogP contribution is -2.48. The summed E-state index contributed by atoms with van der Waals surface area (Å²) in [4.78, 5) is 5.09. The topological polar surface area (TPSA) is 35.9 Å². The first-order valence-corrected chi connectivity index (χ1v) is 7.67. The van der Waals surface area contributed by atoms with E-state index in [1.165, 1.54) is 38.9 Å². The van der Waals surface area contributed by atoms with Gasteiger partial charge in [-0.2, -0.15) is 0 Å². The average Bonchev–Trinajstić information content (AvgIpc) is 2.46. The third kappa shape index (κ3) is 5.61. The molecule has 0 aromatic heterocycles. The normalized spacial score (nSPS) is 25.8. The molecule has 1 aliphatic heterocycles. The second-order valence-corrected chi connectivity index (χ2v) is 5.63. The predicted octanol–water partition coefficient (Wildman–Crippen LogP) is 0.969. The molecule has 0 unspecified atom stereocenters. The summed E-state index contributed by atoms with van der Waals surface area (Å²) in [5.41, 5.74) is 0. The first-order valence-electron chi connectivity index (χ1n) is 7.67. The van der Waals surface area contributed by atoms with Crippen LogP contribution < -0.4 is 0 Å². The quantitative estimate of drug-likeness (QED) is 0.551. The SMILES string of the molecule is OCCOCCN1CCN(C[C@H]2CC=CCC2)CC1. The Kier molecular flexibility index (Phi) is 6.85. The Morgan fingerprint density at radius 1 is 1.05 bits per heavy atom. The number of nitrogens with zero attached hydrogens (tertiary/aromatic N) is 2. The summed E-state index contributed by atoms with van der Waals surface area (Å²) < 4.78 is 5.32. The van der Waals surface area contributed by atoms with Gasteiger partial charge in [0.1, 0.15) is 0 Å². The van der Waals surface area contributed by atoms with Crippen molar-refractivity contribution in [2.75, 3.05) is 59.1 Å². The fourth-order valence-electron chi connectivity index (χ4n) is 2.94. The van der Waals surface area contributed by atoms with Crippen molar-refractivity contribution in [2.45, 2.75) is 19.3 Å². The number of allylic oxidation sites excluding steroid dienone is 2. The van der Waals surface area contributed by atoms with Gasteiger partial charge in [0.05, 0.1) is 19.8 Å². The Balaban J connectivity index is 1.55. The molecule has 0 spiro atoms. The molecule has 1 atom stereocenters. The van der Waals surface area contributed by atoms with E-state index in [1.807, 2.05) is 0 Å². The van der Waals surface area contributed by atoms with Crippen LogP contribution in [0.2, 0.25) is 0 Å². The van der Waals surface area contributed by atoms with Gasteiger partial charge in [-0.15, -0.1) is 0 Å². The molecular weight excluding hydrogens is 240 g/mol. The zero-order valence-electron chi connectivity index (χ0n) is 12.0. The van der Waals surface area contributed by atoms with Crippen LogP contribution in [0.3, 0.4) is 0 Å². The summed E-state index contributed by atoms with van der Waals surface area (Å²) in [7, 11) is 0. The fourth-order valence-corrected chi connectivity index (χ4v) is 2.94. The van der Waals surface area contributed by atoms with Crippen molar-refractivity contribution < 1.29 is 9.84 Å². The highest BCUT2D eigenvalue weighted by Gasteiger charge is 2.19. The van der Waals surface area contributed by atoms with Gasteiger partial charge in [-0.1, -0.05) is 12.2 Å². The van der Waals surface area contributed by atoms with Gasteiger partial charge in [-0.3, -0.25) is 4.90 Å². The molecule has 0 saturated carbocycles. The van der Waals surface area contributed by atoms with E-state index in [1.54, 1.807) is 0 Å². The number of rotatable bonds is 7. The van der Waals surface area contributed by atoms with Crippen LogP contribution in [0.1, 0.15) is 19.3 Å². The third-order valence-corrected chi connectivity index (χ3v) is 4.15. The highest BCUT2D eigenvalue weighted by Crippen LogP contribution is 2.19. The lowest BCUT2D eigenvalue weighted by Gasteiger charge is -2.36. The second-order valence-electron chi connectivity index (χ2n) is 5.63. The van der Waals surface area contributed by atoms with Crippen molar-refractivity contribution in [3.8, 4) is 0 Å². The van der Waals surface area contributed by atoms with Gasteiger partial charge in [-0.25, -0.2) is 0 Å². The van der Waals surface area contributed by atoms with Crippen LogP contribution in [0, 0.1) is 5.92 Å². The molecule has 0 aromatic rings. The molecule has 0 aromatic carbocycles. The molecule has 0 amide bonds. The summed E-state index contributed by atoms with van der Waals surface area (Å²) in [6.07, 6.45) is 8.58. The zero-order chi connectivity index (χ0) is 13.3. The number of ether oxygens (including phenoxy) is 1. The highest BCUT2D eigenvalue weighted by atomic mass is 16.5. The summed E-state index contributed by atoms with van der Waals surface area (Å²) in [6.45, 7) is 8.32. The van der Waals surface area contributed by atoms with Crippen LogP contribution >= 0.6 is 0 Å². The molecule has 4 nitrogen and oxygen atoms in total. The maximum absolute atomic E-state index is 8.64. The first kappa shape index (κ1) is 15.0. The largest absolute Gasteiger partial charge is 0.394 e. The van der Waals surface area contributed by atoms with Gasteiger partial charge in [0.15, 0.2) is 0 Å². The van der Waals surface area contributed by atoms with Gasteiger partial charge in [-0.05, 0) is 25.2 Å². The van der Waals surface area contributed by atoms with Crippen LogP contribution in [-0.4, -0.2) is 74.0 Å². The highest BCUT2D eigenvalue weighted by molar-refractivity contribution is 4.91. The number of aliphatic hydroxyl groups is 1. The minimum Gasteiger partial charge on any atom is -0.394 e. The monoisotopic (exact) mass is 268 g/mol. The number of hydrogen-bond donors (Lipinski definition) is 1. The number of aliphatic hydroxyl groups excluding tert-OH is 1. The van der Waals surface area contributed by atoms with E-state index >= 15 is 0 Å². The van der Waals surface area contributed by atoms with Crippen molar-refractivity contribution in [1.82, 2.24) is 9.80 Å². The Morgan fingerprint density at radius 3 is 2.53 bits per heavy atom. The lowest BCUT2D eigenvalue weighted by molar-refractivity contribution is 0.0545. The van der Waals surface area contributed by atoms with Crippen molar-refractivity contribution in [3.05, 3.63) is 12.2 Å². The van der Waals surface area contributed by atoms with Gasteiger partial charge in [0, 0.05) is 39.3 Å². The summed E-state index contributed by atoms with van der Waals surface area (Å²) in [6, 6.07) is 0. The van der Waals surface area contributed by atoms with Crippen molar-refractivity contribution in [1.29, 1.82) is 0 Å². The van der Waals surface area contributed by atoms with Crippen molar-refractivity contribution in [3.63, 3.8) is 0 Å². The Bertz CT molecular complexity index is 263. The summed E-state index contributed by atoms with van der Waals surface area (Å²) in [5, 5.41) is 8.64. The van der Waals surface area contributed by atoms with Crippen LogP contribution in [0.5, 0.6) is 0 Å². The molecule has 2 rings (SSSR count). The molecule has 110 valence electrons. The van der Waals surface area contributed by atoms with Crippen LogP contribution in [0.15, 0.2) is 12.2 Å². The molecule has 1 heterocycles. The average molecular weight is 268 g/mol. The van der Waals surface area contributed by atoms with E-state index in [2.05, 4.69) is 22.0 Å². The number of piperazine rings is 1. The summed E-state index contributed by atoms with van der Waals surface area (Å²) in [5.74, 6) is 0.879. The molecule has 2 aliphatic rings. The molecule has 1 fully saturated rings. The molecule has 19 heavy (non-hydrogen) atoms. The molecule has 1 N–H and O–H groups in total. The second kappa shape index (κ2) is 8.69. The smallest absolute Gasteiger partial charge is 0.0698 e. The van der Waals surface area contributed by atoms with Gasteiger partial charge in [0.2, 0.25) is 0 Å². The van der Waals surface area contributed by atoms with E-state index in [4.69, 9.17) is 9.84 Å². The molecule has 1 aliphatic carbocycles. The minimum absolute atomic E-state index is 0.129. The Hall–Kier alpha value is -0.420. The molecule has 4 heteroatoms. The number of hydrogen-bond acceptors (Lipinski definition) is 4. The molecule has 0 bridgehead atoms. The minimum atomic E-state index is 0.129. The maximum Gasteiger partial charge on any atom is 0.0698 e. The van der Waals surface area contributed by atoms with E-state index in [0.29, 0.717) is 6.61 Å². The molecule has 1 saturated heterocycles. The third-order valence-electron chi connectivity index (χ3n) is 4.15. The fraction of sp³-hybridized carbons (Fsp3) is 0.867. The van der Waals surface area contributed by atoms with Gasteiger partial charge >= 0.3 is 0 Å². The van der Waals surface area contributed by atoms with Crippen LogP contribution in [0.4, 0.5) is 0 Å². The maximum atomic E-state index is 8.64. The lowest BCUT2D eigenvalue weighted by atomic mass is 9.94. The Morgan fingerprint density at radius 2 is 1.84 bits per heavy atom. The van der Waals surface area contributed by atoms with E-state index in [9.17, 15) is 0 Å². The molecule has 0 radical (unpaired) electrons. The predicted molar refractivity (Wildman–Crippen MR) is 77.3 cm³/mol. The van der Waals surface area contributed by atoms with Crippen LogP contribution in [0.25, 0.3) is 0 Å². The van der Waals surface area contributed by atoms with Crippen molar-refractivity contribution >= 4 is 0 Å². The van der Waals surface area contributed by atoms with E-state index in [0.717, 1.165) is 32.2 Å². The Labute approximate surface area is 117 Å². The zero-order valence-corrected chi connectivity index (χ0v) is 12.0.